The smallest absolute Gasteiger partial charge is 0.231 e. The van der Waals surface area contributed by atoms with Gasteiger partial charge >= 0.3 is 0 Å². The Morgan fingerprint density at radius 1 is 1.12 bits per heavy atom. The molecule has 0 atom stereocenters. The maximum Gasteiger partial charge on any atom is 0.231 e. The monoisotopic (exact) mass is 479 g/mol. The normalized spacial score (nSPS) is 12.2. The largest absolute Gasteiger partial charge is 0.454 e. The van der Waals surface area contributed by atoms with Crippen LogP contribution in [-0.4, -0.2) is 40.5 Å². The summed E-state index contributed by atoms with van der Waals surface area (Å²) in [5.41, 5.74) is 2.81. The first-order chi connectivity index (χ1) is 16.2. The first-order valence-corrected chi connectivity index (χ1v) is 12.1. The van der Waals surface area contributed by atoms with Crippen LogP contribution in [0.15, 0.2) is 59.9 Å². The molecule has 10 heteroatoms. The molecular weight excluding hydrogens is 458 g/mol. The summed E-state index contributed by atoms with van der Waals surface area (Å²) in [5, 5.41) is 4.56. The number of hydrogen-bond acceptors (Lipinski definition) is 9. The number of amides is 1. The van der Waals surface area contributed by atoms with Gasteiger partial charge in [-0.3, -0.25) is 4.79 Å². The number of ether oxygens (including phenoxy) is 2. The van der Waals surface area contributed by atoms with Crippen LogP contribution in [0.1, 0.15) is 11.1 Å². The Labute approximate surface area is 199 Å². The quantitative estimate of drug-likeness (QED) is 0.301. The maximum atomic E-state index is 12.4. The molecule has 2 aromatic heterocycles. The Morgan fingerprint density at radius 3 is 2.85 bits per heavy atom. The molecule has 2 aromatic carbocycles. The van der Waals surface area contributed by atoms with Crippen LogP contribution in [0.5, 0.6) is 11.5 Å². The molecule has 1 N–H and O–H groups in total. The van der Waals surface area contributed by atoms with Gasteiger partial charge in [0.05, 0.1) is 5.75 Å². The summed E-state index contributed by atoms with van der Waals surface area (Å²) in [7, 11) is 2.01. The molecule has 5 rings (SSSR count). The van der Waals surface area contributed by atoms with Crippen LogP contribution in [0.3, 0.4) is 0 Å². The summed E-state index contributed by atoms with van der Waals surface area (Å²) in [6.45, 7) is 1.40. The second kappa shape index (κ2) is 9.63. The molecule has 0 radical (unpaired) electrons. The highest BCUT2D eigenvalue weighted by atomic mass is 32.2. The fraction of sp³-hybridized carbons (Fsp3) is 0.217. The van der Waals surface area contributed by atoms with Crippen LogP contribution in [0.4, 0.5) is 5.13 Å². The zero-order valence-corrected chi connectivity index (χ0v) is 19.5. The molecule has 33 heavy (non-hydrogen) atoms. The number of carbonyl (C=O) groups excluding carboxylic acids is 1. The van der Waals surface area contributed by atoms with E-state index in [2.05, 4.69) is 37.3 Å². The second-order valence-electron chi connectivity index (χ2n) is 7.42. The fourth-order valence-corrected chi connectivity index (χ4v) is 5.23. The SMILES string of the molecule is CN(Cc1ccccc1)c1nc2ncnc(SCC(=O)NCc3ccc4c(c3)OCO4)c2s1. The first-order valence-electron chi connectivity index (χ1n) is 10.3. The molecule has 0 saturated carbocycles. The Kier molecular flexibility index (Phi) is 6.27. The molecule has 0 fully saturated rings. The van der Waals surface area contributed by atoms with E-state index in [-0.39, 0.29) is 18.5 Å². The van der Waals surface area contributed by atoms with E-state index in [1.54, 1.807) is 0 Å². The highest BCUT2D eigenvalue weighted by Crippen LogP contribution is 2.34. The highest BCUT2D eigenvalue weighted by Gasteiger charge is 2.16. The van der Waals surface area contributed by atoms with Crippen molar-refractivity contribution in [2.75, 3.05) is 24.5 Å². The molecule has 8 nitrogen and oxygen atoms in total. The average molecular weight is 480 g/mol. The van der Waals surface area contributed by atoms with E-state index < -0.39 is 0 Å². The zero-order valence-electron chi connectivity index (χ0n) is 17.9. The highest BCUT2D eigenvalue weighted by molar-refractivity contribution is 8.00. The van der Waals surface area contributed by atoms with Crippen LogP contribution in [0.25, 0.3) is 10.3 Å². The summed E-state index contributed by atoms with van der Waals surface area (Å²) in [5.74, 6) is 1.61. The van der Waals surface area contributed by atoms with Gasteiger partial charge in [0.1, 0.15) is 16.1 Å². The van der Waals surface area contributed by atoms with Crippen molar-refractivity contribution in [2.45, 2.75) is 18.1 Å². The predicted molar refractivity (Wildman–Crippen MR) is 129 cm³/mol. The van der Waals surface area contributed by atoms with E-state index in [1.807, 2.05) is 43.4 Å². The van der Waals surface area contributed by atoms with E-state index in [4.69, 9.17) is 9.47 Å². The van der Waals surface area contributed by atoms with Crippen molar-refractivity contribution in [3.63, 3.8) is 0 Å². The van der Waals surface area contributed by atoms with Gasteiger partial charge in [-0.05, 0) is 23.3 Å². The molecule has 1 aliphatic heterocycles. The Balaban J connectivity index is 1.20. The Hall–Kier alpha value is -3.37. The van der Waals surface area contributed by atoms with Crippen molar-refractivity contribution in [3.8, 4) is 11.5 Å². The number of nitrogens with zero attached hydrogens (tertiary/aromatic N) is 4. The number of anilines is 1. The van der Waals surface area contributed by atoms with Crippen LogP contribution >= 0.6 is 23.1 Å². The van der Waals surface area contributed by atoms with Gasteiger partial charge < -0.3 is 19.7 Å². The number of rotatable bonds is 8. The number of thiazole rings is 1. The maximum absolute atomic E-state index is 12.4. The van der Waals surface area contributed by atoms with Crippen molar-refractivity contribution in [2.24, 2.45) is 0 Å². The van der Waals surface area contributed by atoms with Crippen LogP contribution in [-0.2, 0) is 17.9 Å². The van der Waals surface area contributed by atoms with E-state index in [1.165, 1.54) is 35.0 Å². The number of nitrogens with one attached hydrogen (secondary N) is 1. The molecule has 0 saturated heterocycles. The molecular formula is C23H21N5O3S2. The lowest BCUT2D eigenvalue weighted by Crippen LogP contribution is -2.24. The minimum Gasteiger partial charge on any atom is -0.454 e. The van der Waals surface area contributed by atoms with Gasteiger partial charge in [-0.2, -0.15) is 4.98 Å². The van der Waals surface area contributed by atoms with Crippen molar-refractivity contribution < 1.29 is 14.3 Å². The van der Waals surface area contributed by atoms with Crippen molar-refractivity contribution >= 4 is 44.5 Å². The Bertz CT molecular complexity index is 1280. The van der Waals surface area contributed by atoms with Crippen LogP contribution < -0.4 is 19.7 Å². The minimum absolute atomic E-state index is 0.0737. The molecule has 3 heterocycles. The topological polar surface area (TPSA) is 89.5 Å². The third-order valence-corrected chi connectivity index (χ3v) is 7.29. The van der Waals surface area contributed by atoms with E-state index in [0.29, 0.717) is 17.9 Å². The molecule has 168 valence electrons. The third-order valence-electron chi connectivity index (χ3n) is 5.00. The molecule has 1 aliphatic rings. The standard InChI is InChI=1S/C23H21N5O3S2/c1-28(11-15-5-3-2-4-6-15)23-27-21-20(33-23)22(26-13-25-21)32-12-19(29)24-10-16-7-8-17-18(9-16)31-14-30-17/h2-9,13H,10-12,14H2,1H3,(H,24,29). The molecule has 0 bridgehead atoms. The van der Waals surface area contributed by atoms with Gasteiger partial charge in [0.15, 0.2) is 22.3 Å². The summed E-state index contributed by atoms with van der Waals surface area (Å²) in [4.78, 5) is 27.9. The van der Waals surface area contributed by atoms with Gasteiger partial charge in [0, 0.05) is 20.1 Å². The zero-order chi connectivity index (χ0) is 22.6. The van der Waals surface area contributed by atoms with Gasteiger partial charge in [0.2, 0.25) is 12.7 Å². The van der Waals surface area contributed by atoms with Crippen molar-refractivity contribution in [1.82, 2.24) is 20.3 Å². The van der Waals surface area contributed by atoms with E-state index in [0.717, 1.165) is 32.7 Å². The van der Waals surface area contributed by atoms with Gasteiger partial charge in [-0.1, -0.05) is 59.5 Å². The average Bonchev–Trinajstić information content (AvgIpc) is 3.49. The van der Waals surface area contributed by atoms with Gasteiger partial charge in [-0.25, -0.2) is 9.97 Å². The van der Waals surface area contributed by atoms with Gasteiger partial charge in [0.25, 0.3) is 0 Å². The van der Waals surface area contributed by atoms with Crippen LogP contribution in [0.2, 0.25) is 0 Å². The predicted octanol–water partition coefficient (Wildman–Crippen LogP) is 3.86. The summed E-state index contributed by atoms with van der Waals surface area (Å²) in [6.07, 6.45) is 1.50. The number of carbonyl (C=O) groups is 1. The summed E-state index contributed by atoms with van der Waals surface area (Å²) < 4.78 is 11.6. The molecule has 0 aliphatic carbocycles. The molecule has 1 amide bonds. The van der Waals surface area contributed by atoms with E-state index in [9.17, 15) is 4.79 Å². The van der Waals surface area contributed by atoms with Crippen LogP contribution in [0, 0.1) is 0 Å². The lowest BCUT2D eigenvalue weighted by atomic mass is 10.2. The number of fused-ring (bicyclic) bond motifs is 2. The third kappa shape index (κ3) is 5.01. The summed E-state index contributed by atoms with van der Waals surface area (Å²) in [6, 6.07) is 15.9. The number of benzene rings is 2. The first kappa shape index (κ1) is 21.5. The number of hydrogen-bond donors (Lipinski definition) is 1. The number of thioether (sulfide) groups is 1. The van der Waals surface area contributed by atoms with E-state index >= 15 is 0 Å². The Morgan fingerprint density at radius 2 is 1.97 bits per heavy atom. The molecule has 4 aromatic rings. The lowest BCUT2D eigenvalue weighted by molar-refractivity contribution is -0.118. The fourth-order valence-electron chi connectivity index (χ4n) is 3.35. The van der Waals surface area contributed by atoms with Gasteiger partial charge in [-0.15, -0.1) is 0 Å². The molecule has 0 spiro atoms. The summed E-state index contributed by atoms with van der Waals surface area (Å²) >= 11 is 2.92. The number of aromatic nitrogens is 3. The lowest BCUT2D eigenvalue weighted by Gasteiger charge is -2.15. The second-order valence-corrected chi connectivity index (χ2v) is 9.36. The van der Waals surface area contributed by atoms with Crippen molar-refractivity contribution in [1.29, 1.82) is 0 Å². The van der Waals surface area contributed by atoms with Crippen molar-refractivity contribution in [3.05, 3.63) is 66.0 Å². The molecule has 0 unspecified atom stereocenters. The minimum atomic E-state index is -0.0737.